The Labute approximate surface area is 117 Å². The van der Waals surface area contributed by atoms with Gasteiger partial charge in [0.2, 0.25) is 0 Å². The van der Waals surface area contributed by atoms with Crippen LogP contribution in [-0.2, 0) is 0 Å². The van der Waals surface area contributed by atoms with Crippen molar-refractivity contribution in [2.24, 2.45) is 5.92 Å². The number of aldehydes is 1. The number of hydrogen-bond acceptors (Lipinski definition) is 4. The van der Waals surface area contributed by atoms with E-state index in [9.17, 15) is 4.79 Å². The Morgan fingerprint density at radius 3 is 3.00 bits per heavy atom. The summed E-state index contributed by atoms with van der Waals surface area (Å²) in [5.41, 5.74) is 0.676. The van der Waals surface area contributed by atoms with Gasteiger partial charge >= 0.3 is 0 Å². The molecule has 0 aliphatic heterocycles. The Morgan fingerprint density at radius 2 is 2.26 bits per heavy atom. The molecule has 0 amide bonds. The normalized spacial score (nSPS) is 16.9. The van der Waals surface area contributed by atoms with E-state index in [1.165, 1.54) is 32.1 Å². The summed E-state index contributed by atoms with van der Waals surface area (Å²) in [6.45, 7) is 1.01. The monoisotopic (exact) mass is 277 g/mol. The minimum Gasteiger partial charge on any atom is -0.357 e. The molecule has 1 aliphatic rings. The highest BCUT2D eigenvalue weighted by Gasteiger charge is 2.20. The van der Waals surface area contributed by atoms with Gasteiger partial charge in [0.15, 0.2) is 17.1 Å². The zero-order valence-electron chi connectivity index (χ0n) is 11.2. The molecule has 2 aromatic rings. The van der Waals surface area contributed by atoms with Crippen LogP contribution in [0.3, 0.4) is 0 Å². The minimum atomic E-state index is 0.676. The molecule has 3 rings (SSSR count). The second-order valence-electron chi connectivity index (χ2n) is 5.38. The van der Waals surface area contributed by atoms with Crippen molar-refractivity contribution < 1.29 is 4.79 Å². The SMILES string of the molecule is CN(CC1CCCCC1)c1nc2sccn2c1C=O. The van der Waals surface area contributed by atoms with Crippen molar-refractivity contribution in [2.75, 3.05) is 18.5 Å². The maximum absolute atomic E-state index is 11.3. The van der Waals surface area contributed by atoms with Gasteiger partial charge in [-0.25, -0.2) is 4.98 Å². The lowest BCUT2D eigenvalue weighted by molar-refractivity contribution is 0.111. The molecule has 2 aromatic heterocycles. The molecule has 0 unspecified atom stereocenters. The third-order valence-electron chi connectivity index (χ3n) is 4.01. The first kappa shape index (κ1) is 12.7. The molecular weight excluding hydrogens is 258 g/mol. The van der Waals surface area contributed by atoms with Crippen molar-refractivity contribution in [3.8, 4) is 0 Å². The molecule has 0 spiro atoms. The zero-order valence-corrected chi connectivity index (χ0v) is 12.0. The van der Waals surface area contributed by atoms with Crippen LogP contribution in [0.25, 0.3) is 4.96 Å². The Morgan fingerprint density at radius 1 is 1.47 bits per heavy atom. The highest BCUT2D eigenvalue weighted by molar-refractivity contribution is 7.15. The van der Waals surface area contributed by atoms with E-state index in [-0.39, 0.29) is 0 Å². The van der Waals surface area contributed by atoms with E-state index < -0.39 is 0 Å². The van der Waals surface area contributed by atoms with Crippen LogP contribution in [0.4, 0.5) is 5.82 Å². The van der Waals surface area contributed by atoms with E-state index in [2.05, 4.69) is 9.88 Å². The second kappa shape index (κ2) is 5.33. The molecular formula is C14H19N3OS. The third kappa shape index (κ3) is 2.39. The van der Waals surface area contributed by atoms with Gasteiger partial charge in [0, 0.05) is 25.2 Å². The van der Waals surface area contributed by atoms with Crippen molar-refractivity contribution in [3.05, 3.63) is 17.3 Å². The van der Waals surface area contributed by atoms with Crippen LogP contribution in [0.2, 0.25) is 0 Å². The standard InChI is InChI=1S/C14H19N3OS/c1-16(9-11-5-3-2-4-6-11)13-12(10-18)17-7-8-19-14(17)15-13/h7-8,10-11H,2-6,9H2,1H3. The first-order valence-corrected chi connectivity index (χ1v) is 7.79. The van der Waals surface area contributed by atoms with Gasteiger partial charge in [0.05, 0.1) is 0 Å². The summed E-state index contributed by atoms with van der Waals surface area (Å²) in [6.07, 6.45) is 9.51. The molecule has 0 bridgehead atoms. The van der Waals surface area contributed by atoms with Crippen molar-refractivity contribution in [2.45, 2.75) is 32.1 Å². The fraction of sp³-hybridized carbons (Fsp3) is 0.571. The molecule has 102 valence electrons. The molecule has 1 aliphatic carbocycles. The van der Waals surface area contributed by atoms with Gasteiger partial charge in [-0.1, -0.05) is 19.3 Å². The average molecular weight is 277 g/mol. The molecule has 0 atom stereocenters. The molecule has 4 nitrogen and oxygen atoms in total. The highest BCUT2D eigenvalue weighted by atomic mass is 32.1. The van der Waals surface area contributed by atoms with E-state index in [1.807, 2.05) is 23.0 Å². The van der Waals surface area contributed by atoms with Crippen LogP contribution in [0.5, 0.6) is 0 Å². The lowest BCUT2D eigenvalue weighted by Gasteiger charge is -2.27. The van der Waals surface area contributed by atoms with Gasteiger partial charge in [-0.3, -0.25) is 9.20 Å². The topological polar surface area (TPSA) is 37.6 Å². The zero-order chi connectivity index (χ0) is 13.2. The summed E-state index contributed by atoms with van der Waals surface area (Å²) >= 11 is 1.57. The maximum Gasteiger partial charge on any atom is 0.196 e. The van der Waals surface area contributed by atoms with Crippen LogP contribution in [0.1, 0.15) is 42.6 Å². The lowest BCUT2D eigenvalue weighted by Crippen LogP contribution is -2.27. The molecule has 0 saturated heterocycles. The third-order valence-corrected chi connectivity index (χ3v) is 4.77. The van der Waals surface area contributed by atoms with Gasteiger partial charge in [-0.2, -0.15) is 0 Å². The lowest BCUT2D eigenvalue weighted by atomic mass is 9.89. The number of anilines is 1. The van der Waals surface area contributed by atoms with E-state index in [1.54, 1.807) is 11.3 Å². The Kier molecular flexibility index (Phi) is 3.55. The number of fused-ring (bicyclic) bond motifs is 1. The van der Waals surface area contributed by atoms with Gasteiger partial charge in [-0.15, -0.1) is 11.3 Å². The Hall–Kier alpha value is -1.36. The largest absolute Gasteiger partial charge is 0.357 e. The summed E-state index contributed by atoms with van der Waals surface area (Å²) in [5, 5.41) is 1.96. The van der Waals surface area contributed by atoms with Crippen molar-refractivity contribution >= 4 is 28.4 Å². The van der Waals surface area contributed by atoms with E-state index >= 15 is 0 Å². The Bertz CT molecular complexity index is 568. The average Bonchev–Trinajstić information content (AvgIpc) is 2.99. The summed E-state index contributed by atoms with van der Waals surface area (Å²) < 4.78 is 1.88. The summed E-state index contributed by atoms with van der Waals surface area (Å²) in [6, 6.07) is 0. The number of aromatic nitrogens is 2. The van der Waals surface area contributed by atoms with E-state index in [0.29, 0.717) is 5.69 Å². The molecule has 19 heavy (non-hydrogen) atoms. The molecule has 0 N–H and O–H groups in total. The number of thiazole rings is 1. The number of imidazole rings is 1. The number of rotatable bonds is 4. The first-order valence-electron chi connectivity index (χ1n) is 6.91. The van der Waals surface area contributed by atoms with Gasteiger partial charge in [-0.05, 0) is 18.8 Å². The predicted molar refractivity (Wildman–Crippen MR) is 78.3 cm³/mol. The van der Waals surface area contributed by atoms with E-state index in [4.69, 9.17) is 0 Å². The van der Waals surface area contributed by atoms with Gasteiger partial charge < -0.3 is 4.90 Å². The fourth-order valence-corrected chi connectivity index (χ4v) is 3.74. The second-order valence-corrected chi connectivity index (χ2v) is 6.25. The van der Waals surface area contributed by atoms with Crippen LogP contribution in [0.15, 0.2) is 11.6 Å². The number of nitrogens with zero attached hydrogens (tertiary/aromatic N) is 3. The van der Waals surface area contributed by atoms with Crippen molar-refractivity contribution in [3.63, 3.8) is 0 Å². The van der Waals surface area contributed by atoms with Crippen LogP contribution in [0, 0.1) is 5.92 Å². The summed E-state index contributed by atoms with van der Waals surface area (Å²) in [7, 11) is 2.05. The van der Waals surface area contributed by atoms with Gasteiger partial charge in [0.1, 0.15) is 5.69 Å². The first-order chi connectivity index (χ1) is 9.29. The van der Waals surface area contributed by atoms with Gasteiger partial charge in [0.25, 0.3) is 0 Å². The molecule has 0 radical (unpaired) electrons. The number of carbonyl (C=O) groups is 1. The quantitative estimate of drug-likeness (QED) is 0.805. The molecule has 1 saturated carbocycles. The predicted octanol–water partition coefficient (Wildman–Crippen LogP) is 3.22. The van der Waals surface area contributed by atoms with Crippen LogP contribution in [-0.4, -0.2) is 29.3 Å². The fourth-order valence-electron chi connectivity index (χ4n) is 3.03. The van der Waals surface area contributed by atoms with Crippen LogP contribution < -0.4 is 4.90 Å². The van der Waals surface area contributed by atoms with Crippen molar-refractivity contribution in [1.29, 1.82) is 0 Å². The molecule has 2 heterocycles. The summed E-state index contributed by atoms with van der Waals surface area (Å²) in [5.74, 6) is 1.57. The molecule has 0 aromatic carbocycles. The van der Waals surface area contributed by atoms with Crippen LogP contribution >= 0.6 is 11.3 Å². The highest BCUT2D eigenvalue weighted by Crippen LogP contribution is 2.27. The maximum atomic E-state index is 11.3. The number of hydrogen-bond donors (Lipinski definition) is 0. The number of carbonyl (C=O) groups excluding carboxylic acids is 1. The molecule has 1 fully saturated rings. The minimum absolute atomic E-state index is 0.676. The molecule has 5 heteroatoms. The van der Waals surface area contributed by atoms with E-state index in [0.717, 1.165) is 29.5 Å². The smallest absolute Gasteiger partial charge is 0.196 e. The Balaban J connectivity index is 1.81. The van der Waals surface area contributed by atoms with Crippen molar-refractivity contribution in [1.82, 2.24) is 9.38 Å². The summed E-state index contributed by atoms with van der Waals surface area (Å²) in [4.78, 5) is 18.9.